The minimum Gasteiger partial charge on any atom is -0.0622 e. The molecule has 0 spiro atoms. The molecule has 0 heterocycles. The van der Waals surface area contributed by atoms with Crippen LogP contribution in [0.5, 0.6) is 0 Å². The van der Waals surface area contributed by atoms with Gasteiger partial charge in [-0.25, -0.2) is 0 Å². The topological polar surface area (TPSA) is 0 Å². The Morgan fingerprint density at radius 1 is 0.145 bits per heavy atom. The Bertz CT molecular complexity index is 3690. The van der Waals surface area contributed by atoms with E-state index in [9.17, 15) is 0 Å². The first-order valence-electron chi connectivity index (χ1n) is 26.2. The van der Waals surface area contributed by atoms with Crippen molar-refractivity contribution in [2.24, 2.45) is 0 Å². The molecule has 0 fully saturated rings. The van der Waals surface area contributed by atoms with E-state index in [2.05, 4.69) is 325 Å². The van der Waals surface area contributed by atoms with Gasteiger partial charge in [0.2, 0.25) is 0 Å². The van der Waals surface area contributed by atoms with Crippen molar-refractivity contribution in [1.29, 1.82) is 0 Å². The third-order valence-electron chi connectivity index (χ3n) is 13.5. The van der Waals surface area contributed by atoms with Crippen molar-refractivity contribution in [3.63, 3.8) is 0 Å². The van der Waals surface area contributed by atoms with Gasteiger partial charge >= 0.3 is 0 Å². The van der Waals surface area contributed by atoms with Crippen molar-refractivity contribution < 1.29 is 0 Å². The lowest BCUT2D eigenvalue weighted by Crippen LogP contribution is -1.85. The highest BCUT2D eigenvalue weighted by Gasteiger charge is 2.07. The van der Waals surface area contributed by atoms with Gasteiger partial charge in [0.25, 0.3) is 0 Å². The lowest BCUT2D eigenvalue weighted by atomic mass is 9.94. The summed E-state index contributed by atoms with van der Waals surface area (Å²) >= 11 is 0. The molecule has 0 radical (unpaired) electrons. The molecule has 76 heavy (non-hydrogen) atoms. The van der Waals surface area contributed by atoms with E-state index in [1.54, 1.807) is 0 Å². The maximum atomic E-state index is 2.25. The minimum absolute atomic E-state index is 1.26. The van der Waals surface area contributed by atoms with Crippen molar-refractivity contribution in [3.05, 3.63) is 338 Å². The molecular formula is C76H64. The van der Waals surface area contributed by atoms with Gasteiger partial charge in [-0.3, -0.25) is 0 Å². The largest absolute Gasteiger partial charge is 0.0622 e. The average molecular weight is 977 g/mol. The molecule has 12 rings (SSSR count). The third-order valence-corrected chi connectivity index (χ3v) is 13.5. The molecule has 368 valence electrons. The summed E-state index contributed by atoms with van der Waals surface area (Å²) in [6, 6.07) is 111. The van der Waals surface area contributed by atoms with Crippen LogP contribution in [-0.2, 0) is 0 Å². The Morgan fingerprint density at radius 3 is 0.816 bits per heavy atom. The second-order valence-electron chi connectivity index (χ2n) is 19.2. The van der Waals surface area contributed by atoms with E-state index in [-0.39, 0.29) is 0 Å². The van der Waals surface area contributed by atoms with Crippen LogP contribution in [0.2, 0.25) is 0 Å². The van der Waals surface area contributed by atoms with E-state index in [0.717, 1.165) is 0 Å². The van der Waals surface area contributed by atoms with E-state index in [1.807, 2.05) is 18.2 Å². The van der Waals surface area contributed by atoms with Crippen molar-refractivity contribution >= 4 is 0 Å². The van der Waals surface area contributed by atoms with Gasteiger partial charge in [0.15, 0.2) is 0 Å². The van der Waals surface area contributed by atoms with Crippen molar-refractivity contribution in [3.8, 4) is 89.0 Å². The first-order chi connectivity index (χ1) is 37.3. The zero-order valence-electron chi connectivity index (χ0n) is 44.0. The molecule has 0 amide bonds. The molecule has 0 N–H and O–H groups in total. The smallest absolute Gasteiger partial charge is 0.0105 e. The van der Waals surface area contributed by atoms with Crippen LogP contribution in [0, 0.1) is 27.7 Å². The number of hydrogen-bond donors (Lipinski definition) is 0. The summed E-state index contributed by atoms with van der Waals surface area (Å²) in [7, 11) is 0. The lowest BCUT2D eigenvalue weighted by molar-refractivity contribution is 1.46. The van der Waals surface area contributed by atoms with E-state index in [4.69, 9.17) is 0 Å². The van der Waals surface area contributed by atoms with Gasteiger partial charge in [0.05, 0.1) is 0 Å². The molecule has 0 saturated carbocycles. The van der Waals surface area contributed by atoms with Crippen LogP contribution in [0.1, 0.15) is 22.3 Å². The summed E-state index contributed by atoms with van der Waals surface area (Å²) < 4.78 is 0. The maximum absolute atomic E-state index is 2.25. The number of hydrogen-bond acceptors (Lipinski definition) is 0. The molecule has 0 aliphatic heterocycles. The molecule has 0 aliphatic rings. The first-order valence-corrected chi connectivity index (χ1v) is 26.2. The number of aryl methyl sites for hydroxylation is 4. The van der Waals surface area contributed by atoms with E-state index in [0.29, 0.717) is 0 Å². The molecule has 0 saturated heterocycles. The Kier molecular flexibility index (Phi) is 17.7. The highest BCUT2D eigenvalue weighted by molar-refractivity contribution is 5.84. The fraction of sp³-hybridized carbons (Fsp3) is 0.0526. The maximum Gasteiger partial charge on any atom is -0.0105 e. The second kappa shape index (κ2) is 26.0. The monoisotopic (exact) mass is 977 g/mol. The Balaban J connectivity index is 0.000000124. The quantitative estimate of drug-likeness (QED) is 0.142. The molecule has 0 heteroatoms. The molecule has 0 aromatic heterocycles. The van der Waals surface area contributed by atoms with E-state index >= 15 is 0 Å². The first kappa shape index (κ1) is 51.5. The van der Waals surface area contributed by atoms with Crippen molar-refractivity contribution in [1.82, 2.24) is 0 Å². The second-order valence-corrected chi connectivity index (χ2v) is 19.2. The predicted octanol–water partition coefficient (Wildman–Crippen LogP) is 21.3. The highest BCUT2D eigenvalue weighted by Crippen LogP contribution is 2.33. The van der Waals surface area contributed by atoms with E-state index in [1.165, 1.54) is 111 Å². The summed E-state index contributed by atoms with van der Waals surface area (Å²) in [5, 5.41) is 0. The Hall–Kier alpha value is -9.36. The number of rotatable bonds is 8. The molecule has 12 aromatic rings. The van der Waals surface area contributed by atoms with Crippen LogP contribution in [0.3, 0.4) is 0 Å². The molecule has 0 nitrogen and oxygen atoms in total. The zero-order valence-corrected chi connectivity index (χ0v) is 44.0. The van der Waals surface area contributed by atoms with Gasteiger partial charge in [-0.2, -0.15) is 0 Å². The Morgan fingerprint density at radius 2 is 0.382 bits per heavy atom. The standard InChI is InChI=1S/4C19H16/c1-15-7-5-10-17(13-15)19-12-6-11-18(14-19)16-8-3-2-4-9-16;1-15-8-7-11-17(14-15)19-13-6-5-12-18(19)16-9-3-2-4-10-16;1-15-7-5-6-10-19(15)18-13-11-17(12-14-18)16-8-3-2-4-9-16;1-15-6-5-9-19(14-15)18-12-10-17(11-13-18)16-7-3-2-4-8-16/h4*2-14H,1H3. The summed E-state index contributed by atoms with van der Waals surface area (Å²) in [6.07, 6.45) is 0. The molecule has 0 bridgehead atoms. The summed E-state index contributed by atoms with van der Waals surface area (Å²) in [5.74, 6) is 0. The van der Waals surface area contributed by atoms with Crippen LogP contribution in [0.25, 0.3) is 89.0 Å². The van der Waals surface area contributed by atoms with Crippen LogP contribution >= 0.6 is 0 Å². The van der Waals surface area contributed by atoms with Gasteiger partial charge in [-0.05, 0) is 128 Å². The Labute approximate surface area is 452 Å². The van der Waals surface area contributed by atoms with Crippen molar-refractivity contribution in [2.75, 3.05) is 0 Å². The van der Waals surface area contributed by atoms with Gasteiger partial charge in [-0.1, -0.05) is 326 Å². The van der Waals surface area contributed by atoms with Gasteiger partial charge in [0.1, 0.15) is 0 Å². The lowest BCUT2D eigenvalue weighted by Gasteiger charge is -2.10. The molecule has 0 atom stereocenters. The van der Waals surface area contributed by atoms with Crippen LogP contribution in [0.15, 0.2) is 315 Å². The average Bonchev–Trinajstić information content (AvgIpc) is 3.49. The van der Waals surface area contributed by atoms with Crippen LogP contribution in [0.4, 0.5) is 0 Å². The van der Waals surface area contributed by atoms with Crippen molar-refractivity contribution in [2.45, 2.75) is 27.7 Å². The summed E-state index contributed by atoms with van der Waals surface area (Å²) in [6.45, 7) is 8.54. The SMILES string of the molecule is Cc1cccc(-c2ccc(-c3ccccc3)cc2)c1.Cc1cccc(-c2cccc(-c3ccccc3)c2)c1.Cc1cccc(-c2ccccc2-c2ccccc2)c1.Cc1ccccc1-c1ccc(-c2ccccc2)cc1. The molecule has 0 aliphatic carbocycles. The van der Waals surface area contributed by atoms with Crippen LogP contribution in [-0.4, -0.2) is 0 Å². The summed E-state index contributed by atoms with van der Waals surface area (Å²) in [4.78, 5) is 0. The summed E-state index contributed by atoms with van der Waals surface area (Å²) in [5.41, 5.74) is 25.6. The highest BCUT2D eigenvalue weighted by atomic mass is 14.1. The minimum atomic E-state index is 1.26. The van der Waals surface area contributed by atoms with Gasteiger partial charge in [0, 0.05) is 0 Å². The fourth-order valence-corrected chi connectivity index (χ4v) is 9.43. The fourth-order valence-electron chi connectivity index (χ4n) is 9.43. The normalized spacial score (nSPS) is 10.4. The molecular weight excluding hydrogens is 913 g/mol. The third kappa shape index (κ3) is 14.0. The number of benzene rings is 12. The van der Waals surface area contributed by atoms with Crippen LogP contribution < -0.4 is 0 Å². The predicted molar refractivity (Wildman–Crippen MR) is 328 cm³/mol. The van der Waals surface area contributed by atoms with E-state index < -0.39 is 0 Å². The zero-order chi connectivity index (χ0) is 52.3. The van der Waals surface area contributed by atoms with Gasteiger partial charge in [-0.15, -0.1) is 0 Å². The molecule has 0 unspecified atom stereocenters. The molecule has 12 aromatic carbocycles. The van der Waals surface area contributed by atoms with Gasteiger partial charge < -0.3 is 0 Å².